The summed E-state index contributed by atoms with van der Waals surface area (Å²) in [4.78, 5) is 39.2. The van der Waals surface area contributed by atoms with Crippen LogP contribution in [0.4, 0.5) is 11.6 Å². The minimum atomic E-state index is -0.963. The number of rotatable bonds is 6. The van der Waals surface area contributed by atoms with Gasteiger partial charge in [0.25, 0.3) is 0 Å². The van der Waals surface area contributed by atoms with Crippen LogP contribution < -0.4 is 10.6 Å². The number of nitrogens with zero attached hydrogens (tertiary/aromatic N) is 4. The fourth-order valence-electron chi connectivity index (χ4n) is 4.81. The maximum Gasteiger partial charge on any atom is 0.339 e. The summed E-state index contributed by atoms with van der Waals surface area (Å²) in [6, 6.07) is 15.2. The summed E-state index contributed by atoms with van der Waals surface area (Å²) < 4.78 is 4.65. The normalized spacial score (nSPS) is 16.3. The molecular weight excluding hydrogens is 532 g/mol. The average Bonchev–Trinajstić information content (AvgIpc) is 3.58. The molecule has 206 valence electrons. The lowest BCUT2D eigenvalue weighted by atomic mass is 10.1. The van der Waals surface area contributed by atoms with Crippen molar-refractivity contribution in [3.63, 3.8) is 0 Å². The number of fused-ring (bicyclic) bond motifs is 2. The van der Waals surface area contributed by atoms with Crippen LogP contribution in [0.3, 0.4) is 0 Å². The van der Waals surface area contributed by atoms with Gasteiger partial charge < -0.3 is 20.5 Å². The summed E-state index contributed by atoms with van der Waals surface area (Å²) in [6.45, 7) is 0. The van der Waals surface area contributed by atoms with E-state index in [1.54, 1.807) is 30.5 Å². The van der Waals surface area contributed by atoms with Crippen LogP contribution in [0.15, 0.2) is 73.3 Å². The summed E-state index contributed by atoms with van der Waals surface area (Å²) >= 11 is 0. The molecule has 0 aliphatic heterocycles. The van der Waals surface area contributed by atoms with Gasteiger partial charge in [-0.3, -0.25) is 9.97 Å². The topological polar surface area (TPSA) is 139 Å². The molecule has 2 aliphatic carbocycles. The minimum absolute atomic E-state index is 0. The van der Waals surface area contributed by atoms with Crippen LogP contribution in [0.1, 0.15) is 68.2 Å². The Morgan fingerprint density at radius 2 is 1.27 bits per heavy atom. The molecule has 4 aromatic heterocycles. The van der Waals surface area contributed by atoms with Gasteiger partial charge in [0.1, 0.15) is 11.6 Å². The van der Waals surface area contributed by atoms with E-state index < -0.39 is 5.97 Å². The molecule has 0 aromatic carbocycles. The zero-order valence-electron chi connectivity index (χ0n) is 21.8. The Hall–Kier alpha value is -4.57. The predicted molar refractivity (Wildman–Crippen MR) is 152 cm³/mol. The first-order chi connectivity index (χ1) is 19.0. The van der Waals surface area contributed by atoms with E-state index in [2.05, 4.69) is 47.4 Å². The fourth-order valence-corrected chi connectivity index (χ4v) is 4.81. The maximum absolute atomic E-state index is 11.3. The molecule has 0 saturated heterocycles. The molecular formula is C29H29ClN6O4. The summed E-state index contributed by atoms with van der Waals surface area (Å²) in [5.74, 6) is 0.0972. The third kappa shape index (κ3) is 6.52. The van der Waals surface area contributed by atoms with Gasteiger partial charge in [0.05, 0.1) is 30.3 Å². The van der Waals surface area contributed by atoms with Crippen molar-refractivity contribution in [1.82, 2.24) is 19.9 Å². The standard InChI is InChI=1S/C15H15N3O2.C14H13N3O2.ClH/c1-20-15(19)10-4-7-14(17-9-10)18-13-6-5-12-11(13)3-2-8-16-12;18-14(19)9-3-6-13(16-8-9)17-12-5-4-11-10(12)2-1-7-15-11;/h2-4,7-9,13H,5-6H2,1H3,(H,17,18);1-3,6-8,12H,4-5H2,(H,16,17)(H,18,19);1H. The number of hydrogen-bond donors (Lipinski definition) is 3. The molecule has 2 aliphatic rings. The monoisotopic (exact) mass is 560 g/mol. The molecule has 2 atom stereocenters. The van der Waals surface area contributed by atoms with E-state index in [0.29, 0.717) is 11.4 Å². The largest absolute Gasteiger partial charge is 0.478 e. The first kappa shape index (κ1) is 28.4. The SMILES string of the molecule is COC(=O)c1ccc(NC2CCc3ncccc32)nc1.Cl.O=C(O)c1ccc(NC2CCc3ncccc32)nc1. The van der Waals surface area contributed by atoms with Crippen molar-refractivity contribution in [2.24, 2.45) is 0 Å². The molecule has 3 N–H and O–H groups in total. The highest BCUT2D eigenvalue weighted by Crippen LogP contribution is 2.32. The molecule has 0 bridgehead atoms. The number of carbonyl (C=O) groups is 2. The van der Waals surface area contributed by atoms with Crippen LogP contribution >= 0.6 is 12.4 Å². The van der Waals surface area contributed by atoms with E-state index in [-0.39, 0.29) is 36.0 Å². The maximum atomic E-state index is 11.3. The highest BCUT2D eigenvalue weighted by Gasteiger charge is 2.24. The molecule has 0 spiro atoms. The van der Waals surface area contributed by atoms with Gasteiger partial charge >= 0.3 is 11.9 Å². The Labute approximate surface area is 237 Å². The zero-order chi connectivity index (χ0) is 27.2. The first-order valence-corrected chi connectivity index (χ1v) is 12.7. The van der Waals surface area contributed by atoms with Crippen LogP contribution in [0.5, 0.6) is 0 Å². The highest BCUT2D eigenvalue weighted by molar-refractivity contribution is 5.89. The lowest BCUT2D eigenvalue weighted by Crippen LogP contribution is -2.09. The van der Waals surface area contributed by atoms with Crippen molar-refractivity contribution < 1.29 is 19.4 Å². The number of carboxylic acids is 1. The number of halogens is 1. The number of carbonyl (C=O) groups excluding carboxylic acids is 1. The second-order valence-electron chi connectivity index (χ2n) is 9.21. The van der Waals surface area contributed by atoms with Crippen molar-refractivity contribution in [3.05, 3.63) is 107 Å². The van der Waals surface area contributed by atoms with Crippen LogP contribution in [-0.4, -0.2) is 44.1 Å². The molecule has 10 nitrogen and oxygen atoms in total. The van der Waals surface area contributed by atoms with Crippen LogP contribution in [0.2, 0.25) is 0 Å². The van der Waals surface area contributed by atoms with Crippen LogP contribution in [-0.2, 0) is 17.6 Å². The number of carboxylic acid groups (broad SMARTS) is 1. The van der Waals surface area contributed by atoms with E-state index >= 15 is 0 Å². The number of ether oxygens (including phenoxy) is 1. The smallest absolute Gasteiger partial charge is 0.339 e. The minimum Gasteiger partial charge on any atom is -0.478 e. The fraction of sp³-hybridized carbons (Fsp3) is 0.241. The van der Waals surface area contributed by atoms with Gasteiger partial charge in [-0.1, -0.05) is 12.1 Å². The molecule has 11 heteroatoms. The molecule has 0 radical (unpaired) electrons. The Bertz CT molecular complexity index is 1470. The number of nitrogens with one attached hydrogen (secondary N) is 2. The predicted octanol–water partition coefficient (Wildman–Crippen LogP) is 5.06. The molecule has 2 unspecified atom stereocenters. The van der Waals surface area contributed by atoms with Crippen molar-refractivity contribution >= 4 is 36.0 Å². The number of hydrogen-bond acceptors (Lipinski definition) is 9. The van der Waals surface area contributed by atoms with E-state index in [4.69, 9.17) is 5.11 Å². The second-order valence-corrected chi connectivity index (χ2v) is 9.21. The number of aryl methyl sites for hydroxylation is 2. The third-order valence-electron chi connectivity index (χ3n) is 6.78. The summed E-state index contributed by atoms with van der Waals surface area (Å²) in [5.41, 5.74) is 5.35. The molecule has 40 heavy (non-hydrogen) atoms. The molecule has 6 rings (SSSR count). The number of methoxy groups -OCH3 is 1. The summed E-state index contributed by atoms with van der Waals surface area (Å²) in [5, 5.41) is 15.5. The van der Waals surface area contributed by atoms with Crippen LogP contribution in [0.25, 0.3) is 0 Å². The van der Waals surface area contributed by atoms with Gasteiger partial charge in [0, 0.05) is 36.2 Å². The second kappa shape index (κ2) is 13.0. The number of pyridine rings is 4. The molecule has 4 aromatic rings. The van der Waals surface area contributed by atoms with E-state index in [0.717, 1.165) is 42.9 Å². The lowest BCUT2D eigenvalue weighted by molar-refractivity contribution is 0.0599. The highest BCUT2D eigenvalue weighted by atomic mass is 35.5. The van der Waals surface area contributed by atoms with Crippen molar-refractivity contribution in [1.29, 1.82) is 0 Å². The van der Waals surface area contributed by atoms with Gasteiger partial charge in [-0.05, 0) is 73.2 Å². The number of esters is 1. The Morgan fingerprint density at radius 1 is 0.775 bits per heavy atom. The molecule has 4 heterocycles. The van der Waals surface area contributed by atoms with E-state index in [1.807, 2.05) is 18.3 Å². The van der Waals surface area contributed by atoms with Crippen molar-refractivity contribution in [3.8, 4) is 0 Å². The van der Waals surface area contributed by atoms with Gasteiger partial charge in [-0.15, -0.1) is 12.4 Å². The lowest BCUT2D eigenvalue weighted by Gasteiger charge is -2.14. The average molecular weight is 561 g/mol. The van der Waals surface area contributed by atoms with E-state index in [1.165, 1.54) is 30.6 Å². The van der Waals surface area contributed by atoms with E-state index in [9.17, 15) is 9.59 Å². The number of anilines is 2. The van der Waals surface area contributed by atoms with Gasteiger partial charge in [0.15, 0.2) is 0 Å². The van der Waals surface area contributed by atoms with Crippen LogP contribution in [0, 0.1) is 0 Å². The summed E-state index contributed by atoms with van der Waals surface area (Å²) in [7, 11) is 1.36. The zero-order valence-corrected chi connectivity index (χ0v) is 22.6. The van der Waals surface area contributed by atoms with Gasteiger partial charge in [-0.2, -0.15) is 0 Å². The van der Waals surface area contributed by atoms with Crippen molar-refractivity contribution in [2.75, 3.05) is 17.7 Å². The number of aromatic carboxylic acids is 1. The van der Waals surface area contributed by atoms with Gasteiger partial charge in [0.2, 0.25) is 0 Å². The third-order valence-corrected chi connectivity index (χ3v) is 6.78. The van der Waals surface area contributed by atoms with Crippen molar-refractivity contribution in [2.45, 2.75) is 37.8 Å². The molecule has 0 fully saturated rings. The quantitative estimate of drug-likeness (QED) is 0.274. The molecule has 0 saturated carbocycles. The first-order valence-electron chi connectivity index (χ1n) is 12.7. The Balaban J connectivity index is 0.000000181. The Kier molecular flexibility index (Phi) is 9.23. The molecule has 0 amide bonds. The number of aromatic nitrogens is 4. The summed E-state index contributed by atoms with van der Waals surface area (Å²) in [6.07, 6.45) is 10.4. The Morgan fingerprint density at radius 3 is 1.70 bits per heavy atom. The van der Waals surface area contributed by atoms with Gasteiger partial charge in [-0.25, -0.2) is 19.6 Å².